The van der Waals surface area contributed by atoms with Crippen LogP contribution in [0.15, 0.2) is 23.2 Å². The highest BCUT2D eigenvalue weighted by atomic mass is 127. The Balaban J connectivity index is 0.00000225. The molecule has 0 atom stereocenters. The molecular weight excluding hydrogens is 433 g/mol. The first kappa shape index (κ1) is 20.1. The molecule has 1 aliphatic carbocycles. The summed E-state index contributed by atoms with van der Waals surface area (Å²) < 4.78 is 10.7. The number of hydrogen-bond acceptors (Lipinski definition) is 4. The number of nitrogens with zero attached hydrogens (tertiary/aromatic N) is 1. The van der Waals surface area contributed by atoms with Crippen LogP contribution >= 0.6 is 24.0 Å². The molecule has 7 heteroatoms. The molecule has 3 N–H and O–H groups in total. The third-order valence-corrected chi connectivity index (χ3v) is 4.57. The van der Waals surface area contributed by atoms with E-state index in [9.17, 15) is 5.11 Å². The molecule has 25 heavy (non-hydrogen) atoms. The predicted octanol–water partition coefficient (Wildman–Crippen LogP) is 2.78. The topological polar surface area (TPSA) is 75.1 Å². The van der Waals surface area contributed by atoms with E-state index < -0.39 is 5.60 Å². The Labute approximate surface area is 166 Å². The van der Waals surface area contributed by atoms with Gasteiger partial charge in [-0.25, -0.2) is 4.99 Å². The number of rotatable bonds is 5. The zero-order valence-electron chi connectivity index (χ0n) is 14.7. The van der Waals surface area contributed by atoms with Crippen molar-refractivity contribution >= 4 is 29.9 Å². The average Bonchev–Trinajstić information content (AvgIpc) is 3.06. The first-order valence-electron chi connectivity index (χ1n) is 8.82. The van der Waals surface area contributed by atoms with E-state index in [2.05, 4.69) is 15.6 Å². The van der Waals surface area contributed by atoms with Gasteiger partial charge in [-0.2, -0.15) is 0 Å². The molecule has 0 radical (unpaired) electrons. The first-order valence-corrected chi connectivity index (χ1v) is 8.82. The van der Waals surface area contributed by atoms with Crippen LogP contribution in [0.1, 0.15) is 44.6 Å². The highest BCUT2D eigenvalue weighted by Crippen LogP contribution is 2.32. The van der Waals surface area contributed by atoms with Gasteiger partial charge in [-0.3, -0.25) is 0 Å². The van der Waals surface area contributed by atoms with Gasteiger partial charge in [-0.05, 0) is 37.5 Å². The molecule has 1 heterocycles. The fourth-order valence-corrected chi connectivity index (χ4v) is 3.19. The van der Waals surface area contributed by atoms with Gasteiger partial charge in [0.05, 0.1) is 12.1 Å². The largest absolute Gasteiger partial charge is 0.454 e. The molecule has 0 bridgehead atoms. The van der Waals surface area contributed by atoms with Gasteiger partial charge in [-0.1, -0.05) is 25.3 Å². The normalized spacial score (nSPS) is 18.4. The van der Waals surface area contributed by atoms with Crippen molar-refractivity contribution in [2.75, 3.05) is 19.9 Å². The van der Waals surface area contributed by atoms with Crippen LogP contribution in [-0.4, -0.2) is 36.5 Å². The van der Waals surface area contributed by atoms with Gasteiger partial charge in [0.2, 0.25) is 6.79 Å². The number of fused-ring (bicyclic) bond motifs is 1. The first-order chi connectivity index (χ1) is 11.7. The van der Waals surface area contributed by atoms with Crippen molar-refractivity contribution < 1.29 is 14.6 Å². The number of ether oxygens (including phenoxy) is 2. The minimum atomic E-state index is -0.604. The molecular formula is C18H28IN3O3. The Morgan fingerprint density at radius 3 is 2.68 bits per heavy atom. The zero-order chi connectivity index (χ0) is 16.8. The second kappa shape index (κ2) is 9.47. The minimum Gasteiger partial charge on any atom is -0.454 e. The monoisotopic (exact) mass is 461 g/mol. The molecule has 1 fully saturated rings. The van der Waals surface area contributed by atoms with E-state index in [1.54, 1.807) is 0 Å². The molecule has 1 saturated carbocycles. The van der Waals surface area contributed by atoms with E-state index in [0.717, 1.165) is 55.3 Å². The van der Waals surface area contributed by atoms with Gasteiger partial charge in [0, 0.05) is 13.1 Å². The summed E-state index contributed by atoms with van der Waals surface area (Å²) in [6, 6.07) is 5.87. The Kier molecular flexibility index (Phi) is 7.61. The second-order valence-electron chi connectivity index (χ2n) is 6.52. The lowest BCUT2D eigenvalue weighted by atomic mass is 9.85. The summed E-state index contributed by atoms with van der Waals surface area (Å²) in [7, 11) is 0. The molecule has 1 aromatic rings. The van der Waals surface area contributed by atoms with Crippen molar-refractivity contribution in [3.05, 3.63) is 23.8 Å². The van der Waals surface area contributed by atoms with Crippen LogP contribution in [-0.2, 0) is 6.54 Å². The SMILES string of the molecule is CCNC(=NCc1ccc2c(c1)OCO2)NCC1(O)CCCCC1.I. The number of aliphatic hydroxyl groups is 1. The molecule has 2 aliphatic rings. The van der Waals surface area contributed by atoms with Gasteiger partial charge in [0.15, 0.2) is 17.5 Å². The van der Waals surface area contributed by atoms with Crippen molar-refractivity contribution in [1.82, 2.24) is 10.6 Å². The highest BCUT2D eigenvalue weighted by Gasteiger charge is 2.29. The van der Waals surface area contributed by atoms with Crippen LogP contribution in [0.5, 0.6) is 11.5 Å². The smallest absolute Gasteiger partial charge is 0.231 e. The lowest BCUT2D eigenvalue weighted by molar-refractivity contribution is 0.00859. The fourth-order valence-electron chi connectivity index (χ4n) is 3.19. The van der Waals surface area contributed by atoms with E-state index in [0.29, 0.717) is 13.1 Å². The molecule has 0 saturated heterocycles. The van der Waals surface area contributed by atoms with Gasteiger partial charge in [0.1, 0.15) is 0 Å². The van der Waals surface area contributed by atoms with E-state index >= 15 is 0 Å². The van der Waals surface area contributed by atoms with Gasteiger partial charge < -0.3 is 25.2 Å². The minimum absolute atomic E-state index is 0. The molecule has 6 nitrogen and oxygen atoms in total. The van der Waals surface area contributed by atoms with Crippen molar-refractivity contribution in [2.24, 2.45) is 4.99 Å². The quantitative estimate of drug-likeness (QED) is 0.357. The fraction of sp³-hybridized carbons (Fsp3) is 0.611. The van der Waals surface area contributed by atoms with Crippen LogP contribution < -0.4 is 20.1 Å². The average molecular weight is 461 g/mol. The summed E-state index contributed by atoms with van der Waals surface area (Å²) in [6.07, 6.45) is 5.15. The molecule has 140 valence electrons. The maximum atomic E-state index is 10.6. The number of guanidine groups is 1. The summed E-state index contributed by atoms with van der Waals surface area (Å²) in [5.41, 5.74) is 0.459. The van der Waals surface area contributed by atoms with Crippen LogP contribution in [0.25, 0.3) is 0 Å². The van der Waals surface area contributed by atoms with E-state index in [1.165, 1.54) is 6.42 Å². The van der Waals surface area contributed by atoms with Crippen LogP contribution in [0.2, 0.25) is 0 Å². The Hall–Kier alpha value is -1.22. The third-order valence-electron chi connectivity index (χ3n) is 4.57. The standard InChI is InChI=1S/C18H27N3O3.HI/c1-2-19-17(21-12-18(22)8-4-3-5-9-18)20-11-14-6-7-15-16(10-14)24-13-23-15;/h6-7,10,22H,2-5,8-9,11-13H2,1H3,(H2,19,20,21);1H. The van der Waals surface area contributed by atoms with Crippen molar-refractivity contribution in [2.45, 2.75) is 51.2 Å². The predicted molar refractivity (Wildman–Crippen MR) is 109 cm³/mol. The Bertz CT molecular complexity index is 589. The maximum absolute atomic E-state index is 10.6. The Morgan fingerprint density at radius 1 is 1.16 bits per heavy atom. The maximum Gasteiger partial charge on any atom is 0.231 e. The second-order valence-corrected chi connectivity index (χ2v) is 6.52. The molecule has 3 rings (SSSR count). The van der Waals surface area contributed by atoms with Gasteiger partial charge in [0.25, 0.3) is 0 Å². The van der Waals surface area contributed by atoms with Gasteiger partial charge >= 0.3 is 0 Å². The number of benzene rings is 1. The molecule has 0 amide bonds. The number of aliphatic imine (C=N–C) groups is 1. The number of hydrogen-bond donors (Lipinski definition) is 3. The van der Waals surface area contributed by atoms with Crippen molar-refractivity contribution in [3.8, 4) is 11.5 Å². The number of halogens is 1. The summed E-state index contributed by atoms with van der Waals surface area (Å²) in [5, 5.41) is 17.1. The molecule has 1 aromatic carbocycles. The number of nitrogens with one attached hydrogen (secondary N) is 2. The lowest BCUT2D eigenvalue weighted by Gasteiger charge is -2.32. The van der Waals surface area contributed by atoms with Crippen molar-refractivity contribution in [3.63, 3.8) is 0 Å². The van der Waals surface area contributed by atoms with E-state index in [-0.39, 0.29) is 30.8 Å². The molecule has 0 unspecified atom stereocenters. The van der Waals surface area contributed by atoms with Crippen molar-refractivity contribution in [1.29, 1.82) is 0 Å². The van der Waals surface area contributed by atoms with Crippen LogP contribution in [0, 0.1) is 0 Å². The Morgan fingerprint density at radius 2 is 1.92 bits per heavy atom. The van der Waals surface area contributed by atoms with E-state index in [1.807, 2.05) is 25.1 Å². The van der Waals surface area contributed by atoms with E-state index in [4.69, 9.17) is 9.47 Å². The lowest BCUT2D eigenvalue weighted by Crippen LogP contribution is -2.48. The zero-order valence-corrected chi connectivity index (χ0v) is 17.0. The molecule has 1 aliphatic heterocycles. The van der Waals surface area contributed by atoms with Crippen LogP contribution in [0.3, 0.4) is 0 Å². The third kappa shape index (κ3) is 5.64. The summed E-state index contributed by atoms with van der Waals surface area (Å²) in [4.78, 5) is 4.61. The molecule has 0 aromatic heterocycles. The summed E-state index contributed by atoms with van der Waals surface area (Å²) in [6.45, 7) is 4.19. The molecule has 0 spiro atoms. The van der Waals surface area contributed by atoms with Gasteiger partial charge in [-0.15, -0.1) is 24.0 Å². The highest BCUT2D eigenvalue weighted by molar-refractivity contribution is 14.0. The van der Waals surface area contributed by atoms with Crippen LogP contribution in [0.4, 0.5) is 0 Å². The summed E-state index contributed by atoms with van der Waals surface area (Å²) in [5.74, 6) is 2.29. The summed E-state index contributed by atoms with van der Waals surface area (Å²) >= 11 is 0.